The first-order valence-corrected chi connectivity index (χ1v) is 4.43. The van der Waals surface area contributed by atoms with Gasteiger partial charge in [0.1, 0.15) is 0 Å². The highest BCUT2D eigenvalue weighted by Gasteiger charge is 2.37. The lowest BCUT2D eigenvalue weighted by Crippen LogP contribution is -2.27. The van der Waals surface area contributed by atoms with Crippen LogP contribution in [0.1, 0.15) is 12.8 Å². The van der Waals surface area contributed by atoms with Crippen molar-refractivity contribution in [2.45, 2.75) is 24.7 Å². The van der Waals surface area contributed by atoms with Gasteiger partial charge >= 0.3 is 0 Å². The van der Waals surface area contributed by atoms with Crippen LogP contribution in [0.3, 0.4) is 0 Å². The van der Waals surface area contributed by atoms with Crippen LogP contribution < -0.4 is 0 Å². The van der Waals surface area contributed by atoms with Crippen molar-refractivity contribution in [1.82, 2.24) is 0 Å². The van der Waals surface area contributed by atoms with Crippen molar-refractivity contribution in [2.24, 2.45) is 0 Å². The fourth-order valence-corrected chi connectivity index (χ4v) is 1.38. The van der Waals surface area contributed by atoms with Gasteiger partial charge in [-0.1, -0.05) is 18.7 Å². The van der Waals surface area contributed by atoms with Crippen LogP contribution in [0.2, 0.25) is 0 Å². The van der Waals surface area contributed by atoms with Crippen LogP contribution in [0.4, 0.5) is 0 Å². The van der Waals surface area contributed by atoms with E-state index in [1.165, 1.54) is 0 Å². The quantitative estimate of drug-likeness (QED) is 0.605. The maximum Gasteiger partial charge on any atom is 0.191 e. The molecule has 1 aliphatic heterocycles. The predicted molar refractivity (Wildman–Crippen MR) is 53.4 cm³/mol. The van der Waals surface area contributed by atoms with Crippen LogP contribution in [-0.4, -0.2) is 18.5 Å². The standard InChI is InChI=1S/C11H16O2/c1-4-7-10-9-12-11(6-3,13-10)8-5-2/h4-6,10H,1-3,7-9H2. The fraction of sp³-hybridized carbons (Fsp3) is 0.455. The highest BCUT2D eigenvalue weighted by atomic mass is 16.7. The maximum absolute atomic E-state index is 5.70. The molecular weight excluding hydrogens is 164 g/mol. The van der Waals surface area contributed by atoms with Crippen molar-refractivity contribution in [3.8, 4) is 0 Å². The minimum absolute atomic E-state index is 0.107. The lowest BCUT2D eigenvalue weighted by Gasteiger charge is -2.22. The first kappa shape index (κ1) is 10.2. The molecule has 2 heteroatoms. The monoisotopic (exact) mass is 180 g/mol. The summed E-state index contributed by atoms with van der Waals surface area (Å²) in [6.07, 6.45) is 6.86. The van der Waals surface area contributed by atoms with Crippen LogP contribution in [0.15, 0.2) is 38.0 Å². The predicted octanol–water partition coefficient (Wildman–Crippen LogP) is 2.44. The first-order chi connectivity index (χ1) is 6.26. The molecule has 0 aromatic heterocycles. The molecule has 2 nitrogen and oxygen atoms in total. The van der Waals surface area contributed by atoms with Crippen molar-refractivity contribution in [3.63, 3.8) is 0 Å². The number of hydrogen-bond donors (Lipinski definition) is 0. The van der Waals surface area contributed by atoms with E-state index in [4.69, 9.17) is 9.47 Å². The van der Waals surface area contributed by atoms with Gasteiger partial charge in [0, 0.05) is 6.42 Å². The Morgan fingerprint density at radius 3 is 2.62 bits per heavy atom. The number of rotatable bonds is 5. The zero-order valence-electron chi connectivity index (χ0n) is 7.87. The van der Waals surface area contributed by atoms with Crippen LogP contribution in [0, 0.1) is 0 Å². The SMILES string of the molecule is C=CCC1COC(C=C)(CC=C)O1. The smallest absolute Gasteiger partial charge is 0.191 e. The second-order valence-corrected chi connectivity index (χ2v) is 3.08. The van der Waals surface area contributed by atoms with E-state index < -0.39 is 5.79 Å². The summed E-state index contributed by atoms with van der Waals surface area (Å²) in [5, 5.41) is 0. The molecular formula is C11H16O2. The van der Waals surface area contributed by atoms with Crippen LogP contribution >= 0.6 is 0 Å². The molecule has 0 aliphatic carbocycles. The molecule has 0 aromatic carbocycles. The van der Waals surface area contributed by atoms with E-state index in [9.17, 15) is 0 Å². The van der Waals surface area contributed by atoms with Gasteiger partial charge in [-0.2, -0.15) is 0 Å². The molecule has 2 unspecified atom stereocenters. The third-order valence-electron chi connectivity index (χ3n) is 2.05. The molecule has 0 bridgehead atoms. The van der Waals surface area contributed by atoms with Gasteiger partial charge in [0.25, 0.3) is 0 Å². The molecule has 0 saturated carbocycles. The van der Waals surface area contributed by atoms with E-state index in [1.807, 2.05) is 6.08 Å². The zero-order valence-corrected chi connectivity index (χ0v) is 7.87. The summed E-state index contributed by atoms with van der Waals surface area (Å²) in [5.41, 5.74) is 0. The van der Waals surface area contributed by atoms with Gasteiger partial charge in [-0.15, -0.1) is 13.2 Å². The molecule has 1 saturated heterocycles. The van der Waals surface area contributed by atoms with Gasteiger partial charge < -0.3 is 9.47 Å². The highest BCUT2D eigenvalue weighted by Crippen LogP contribution is 2.29. The van der Waals surface area contributed by atoms with E-state index in [-0.39, 0.29) is 6.10 Å². The Balaban J connectivity index is 2.56. The minimum atomic E-state index is -0.643. The third kappa shape index (κ3) is 2.29. The summed E-state index contributed by atoms with van der Waals surface area (Å²) in [7, 11) is 0. The molecule has 13 heavy (non-hydrogen) atoms. The van der Waals surface area contributed by atoms with Crippen LogP contribution in [0.5, 0.6) is 0 Å². The maximum atomic E-state index is 5.70. The van der Waals surface area contributed by atoms with Gasteiger partial charge in [0.2, 0.25) is 0 Å². The molecule has 1 fully saturated rings. The molecule has 1 aliphatic rings. The largest absolute Gasteiger partial charge is 0.343 e. The Morgan fingerprint density at radius 1 is 1.31 bits per heavy atom. The summed E-state index contributed by atoms with van der Waals surface area (Å²) in [5.74, 6) is -0.643. The Labute approximate surface area is 79.5 Å². The molecule has 1 heterocycles. The molecule has 0 radical (unpaired) electrons. The van der Waals surface area contributed by atoms with Crippen molar-refractivity contribution < 1.29 is 9.47 Å². The third-order valence-corrected chi connectivity index (χ3v) is 2.05. The van der Waals surface area contributed by atoms with E-state index in [0.29, 0.717) is 13.0 Å². The number of ether oxygens (including phenoxy) is 2. The summed E-state index contributed by atoms with van der Waals surface area (Å²) in [4.78, 5) is 0. The molecule has 0 spiro atoms. The Bertz CT molecular complexity index is 210. The number of hydrogen-bond acceptors (Lipinski definition) is 2. The van der Waals surface area contributed by atoms with E-state index in [1.54, 1.807) is 12.2 Å². The van der Waals surface area contributed by atoms with Crippen molar-refractivity contribution in [2.75, 3.05) is 6.61 Å². The molecule has 0 amide bonds. The van der Waals surface area contributed by atoms with Crippen LogP contribution in [0.25, 0.3) is 0 Å². The second-order valence-electron chi connectivity index (χ2n) is 3.08. The lowest BCUT2D eigenvalue weighted by atomic mass is 10.2. The zero-order chi connectivity index (χ0) is 9.73. The second kappa shape index (κ2) is 4.40. The average molecular weight is 180 g/mol. The normalized spacial score (nSPS) is 32.8. The van der Waals surface area contributed by atoms with Gasteiger partial charge in [-0.3, -0.25) is 0 Å². The van der Waals surface area contributed by atoms with Gasteiger partial charge in [0.05, 0.1) is 12.7 Å². The molecule has 0 N–H and O–H groups in total. The molecule has 0 aromatic rings. The molecule has 1 rings (SSSR count). The summed E-state index contributed by atoms with van der Waals surface area (Å²) in [6, 6.07) is 0. The first-order valence-electron chi connectivity index (χ1n) is 4.43. The summed E-state index contributed by atoms with van der Waals surface area (Å²) < 4.78 is 11.2. The van der Waals surface area contributed by atoms with E-state index in [0.717, 1.165) is 6.42 Å². The fourth-order valence-electron chi connectivity index (χ4n) is 1.38. The average Bonchev–Trinajstić information content (AvgIpc) is 2.51. The highest BCUT2D eigenvalue weighted by molar-refractivity contribution is 4.98. The van der Waals surface area contributed by atoms with E-state index >= 15 is 0 Å². The molecule has 72 valence electrons. The van der Waals surface area contributed by atoms with E-state index in [2.05, 4.69) is 19.7 Å². The van der Waals surface area contributed by atoms with Crippen molar-refractivity contribution in [1.29, 1.82) is 0 Å². The summed E-state index contributed by atoms with van der Waals surface area (Å²) >= 11 is 0. The lowest BCUT2D eigenvalue weighted by molar-refractivity contribution is -0.125. The van der Waals surface area contributed by atoms with Crippen molar-refractivity contribution >= 4 is 0 Å². The molecule has 2 atom stereocenters. The Morgan fingerprint density at radius 2 is 2.08 bits per heavy atom. The Hall–Kier alpha value is -0.860. The topological polar surface area (TPSA) is 18.5 Å². The van der Waals surface area contributed by atoms with Crippen LogP contribution in [-0.2, 0) is 9.47 Å². The van der Waals surface area contributed by atoms with Gasteiger partial charge in [-0.05, 0) is 12.5 Å². The van der Waals surface area contributed by atoms with Crippen molar-refractivity contribution in [3.05, 3.63) is 38.0 Å². The summed E-state index contributed by atoms with van der Waals surface area (Å²) in [6.45, 7) is 11.6. The minimum Gasteiger partial charge on any atom is -0.343 e. The Kier molecular flexibility index (Phi) is 3.46. The van der Waals surface area contributed by atoms with Gasteiger partial charge in [0.15, 0.2) is 5.79 Å². The van der Waals surface area contributed by atoms with Gasteiger partial charge in [-0.25, -0.2) is 0 Å².